The number of hydrogen-bond donors (Lipinski definition) is 2. The van der Waals surface area contributed by atoms with Gasteiger partial charge in [0.15, 0.2) is 23.2 Å². The van der Waals surface area contributed by atoms with Gasteiger partial charge in [-0.25, -0.2) is 0 Å². The molecule has 7 nitrogen and oxygen atoms in total. The minimum atomic E-state index is -0.264. The van der Waals surface area contributed by atoms with Crippen molar-refractivity contribution in [3.8, 4) is 11.5 Å². The van der Waals surface area contributed by atoms with E-state index in [0.717, 1.165) is 42.5 Å². The number of rotatable bonds is 7. The van der Waals surface area contributed by atoms with Gasteiger partial charge in [0.25, 0.3) is 11.8 Å². The second kappa shape index (κ2) is 10.7. The number of anilines is 1. The lowest BCUT2D eigenvalue weighted by Gasteiger charge is -2.29. The average molecular weight is 480 g/mol. The van der Waals surface area contributed by atoms with Crippen molar-refractivity contribution in [3.05, 3.63) is 59.3 Å². The highest BCUT2D eigenvalue weighted by Crippen LogP contribution is 2.31. The number of ether oxygens (including phenoxy) is 2. The van der Waals surface area contributed by atoms with Crippen LogP contribution in [0, 0.1) is 6.92 Å². The number of nitrogens with zero attached hydrogens (tertiary/aromatic N) is 1. The highest BCUT2D eigenvalue weighted by Gasteiger charge is 2.36. The first-order chi connectivity index (χ1) is 16.5. The zero-order valence-electron chi connectivity index (χ0n) is 19.4. The van der Waals surface area contributed by atoms with E-state index < -0.39 is 0 Å². The molecule has 2 N–H and O–H groups in total. The maximum Gasteiger partial charge on any atom is 0.276 e. The van der Waals surface area contributed by atoms with Crippen LogP contribution in [0.3, 0.4) is 0 Å². The molecule has 1 saturated carbocycles. The van der Waals surface area contributed by atoms with E-state index in [9.17, 15) is 9.59 Å². The van der Waals surface area contributed by atoms with Gasteiger partial charge in [0.05, 0.1) is 7.11 Å². The Morgan fingerprint density at radius 2 is 1.94 bits per heavy atom. The Morgan fingerprint density at radius 1 is 1.18 bits per heavy atom. The van der Waals surface area contributed by atoms with Gasteiger partial charge in [-0.3, -0.25) is 14.5 Å². The number of nitrogens with one attached hydrogen (secondary N) is 2. The number of carbonyl (C=O) groups is 2. The minimum Gasteiger partial charge on any atom is -0.493 e. The predicted octanol–water partition coefficient (Wildman–Crippen LogP) is 4.41. The van der Waals surface area contributed by atoms with Gasteiger partial charge >= 0.3 is 0 Å². The topological polar surface area (TPSA) is 79.9 Å². The lowest BCUT2D eigenvalue weighted by atomic mass is 9.94. The highest BCUT2D eigenvalue weighted by atomic mass is 32.1. The van der Waals surface area contributed by atoms with Crippen LogP contribution in [0.25, 0.3) is 6.08 Å². The summed E-state index contributed by atoms with van der Waals surface area (Å²) in [5.74, 6) is 0.550. The fourth-order valence-corrected chi connectivity index (χ4v) is 4.66. The Labute approximate surface area is 205 Å². The fraction of sp³-hybridized carbons (Fsp3) is 0.346. The number of benzene rings is 2. The normalized spacial score (nSPS) is 17.6. The third kappa shape index (κ3) is 5.39. The summed E-state index contributed by atoms with van der Waals surface area (Å²) in [6, 6.07) is 13.0. The van der Waals surface area contributed by atoms with Crippen LogP contribution >= 0.6 is 12.2 Å². The van der Waals surface area contributed by atoms with Crippen molar-refractivity contribution in [1.82, 2.24) is 10.2 Å². The second-order valence-electron chi connectivity index (χ2n) is 8.52. The number of carbonyl (C=O) groups excluding carboxylic acids is 2. The monoisotopic (exact) mass is 479 g/mol. The third-order valence-electron chi connectivity index (χ3n) is 6.13. The zero-order chi connectivity index (χ0) is 24.1. The summed E-state index contributed by atoms with van der Waals surface area (Å²) in [6.07, 6.45) is 7.18. The van der Waals surface area contributed by atoms with E-state index >= 15 is 0 Å². The van der Waals surface area contributed by atoms with Gasteiger partial charge in [-0.2, -0.15) is 0 Å². The van der Waals surface area contributed by atoms with Crippen molar-refractivity contribution in [2.75, 3.05) is 19.0 Å². The van der Waals surface area contributed by atoms with Gasteiger partial charge < -0.3 is 20.1 Å². The van der Waals surface area contributed by atoms with Gasteiger partial charge in [-0.05, 0) is 67.4 Å². The van der Waals surface area contributed by atoms with E-state index in [4.69, 9.17) is 21.7 Å². The molecule has 0 aromatic heterocycles. The van der Waals surface area contributed by atoms with E-state index in [-0.39, 0.29) is 24.5 Å². The molecule has 0 radical (unpaired) electrons. The fourth-order valence-electron chi connectivity index (χ4n) is 4.32. The number of amides is 2. The molecule has 0 unspecified atom stereocenters. The minimum absolute atomic E-state index is 0.0935. The summed E-state index contributed by atoms with van der Waals surface area (Å²) in [4.78, 5) is 27.0. The third-order valence-corrected chi connectivity index (χ3v) is 6.42. The summed E-state index contributed by atoms with van der Waals surface area (Å²) >= 11 is 5.45. The van der Waals surface area contributed by atoms with Gasteiger partial charge in [-0.1, -0.05) is 43.5 Å². The van der Waals surface area contributed by atoms with Crippen molar-refractivity contribution in [2.45, 2.75) is 45.1 Å². The Kier molecular flexibility index (Phi) is 7.47. The maximum atomic E-state index is 13.0. The van der Waals surface area contributed by atoms with Crippen LogP contribution < -0.4 is 20.1 Å². The number of methoxy groups -OCH3 is 1. The molecule has 34 heavy (non-hydrogen) atoms. The van der Waals surface area contributed by atoms with Gasteiger partial charge in [0.1, 0.15) is 5.70 Å². The zero-order valence-corrected chi connectivity index (χ0v) is 20.2. The van der Waals surface area contributed by atoms with E-state index in [0.29, 0.717) is 22.3 Å². The maximum absolute atomic E-state index is 13.0. The Bertz CT molecular complexity index is 1120. The molecule has 1 heterocycles. The molecule has 2 amide bonds. The van der Waals surface area contributed by atoms with E-state index in [1.807, 2.05) is 37.3 Å². The number of aryl methyl sites for hydroxylation is 1. The Balaban J connectivity index is 1.42. The van der Waals surface area contributed by atoms with Crippen molar-refractivity contribution in [3.63, 3.8) is 0 Å². The molecule has 1 aliphatic carbocycles. The molecule has 2 aromatic carbocycles. The number of thiocarbonyl (C=S) groups is 1. The molecule has 1 saturated heterocycles. The Hall–Kier alpha value is -3.39. The molecule has 0 spiro atoms. The first-order valence-corrected chi connectivity index (χ1v) is 11.9. The van der Waals surface area contributed by atoms with E-state index in [1.54, 1.807) is 23.1 Å². The molecule has 0 atom stereocenters. The molecule has 2 aliphatic rings. The molecule has 2 fully saturated rings. The quantitative estimate of drug-likeness (QED) is 0.452. The summed E-state index contributed by atoms with van der Waals surface area (Å²) in [7, 11) is 1.53. The van der Waals surface area contributed by atoms with Crippen LogP contribution in [0.4, 0.5) is 5.69 Å². The van der Waals surface area contributed by atoms with Gasteiger partial charge in [-0.15, -0.1) is 0 Å². The van der Waals surface area contributed by atoms with E-state index in [1.165, 1.54) is 13.5 Å². The molecule has 0 bridgehead atoms. The molecule has 1 aliphatic heterocycles. The summed E-state index contributed by atoms with van der Waals surface area (Å²) < 4.78 is 11.1. The standard InChI is InChI=1S/C26H29N3O4S/c1-17-8-6-7-11-20(17)27-24(30)16-33-22-13-12-18(15-23(22)32-2)14-21-25(31)29(26(34)28-21)19-9-4-3-5-10-19/h6-8,11-15,19H,3-5,9-10,16H2,1-2H3,(H,27,30)(H,28,34)/b21-14+. The first-order valence-electron chi connectivity index (χ1n) is 11.5. The van der Waals surface area contributed by atoms with Crippen LogP contribution in [0.5, 0.6) is 11.5 Å². The SMILES string of the molecule is COc1cc(/C=C2/NC(=S)N(C3CCCCC3)C2=O)ccc1OCC(=O)Nc1ccccc1C. The summed E-state index contributed by atoms with van der Waals surface area (Å²) in [6.45, 7) is 1.77. The van der Waals surface area contributed by atoms with Crippen molar-refractivity contribution < 1.29 is 19.1 Å². The van der Waals surface area contributed by atoms with Crippen molar-refractivity contribution in [1.29, 1.82) is 0 Å². The lowest BCUT2D eigenvalue weighted by Crippen LogP contribution is -2.41. The molecular weight excluding hydrogens is 450 g/mol. The van der Waals surface area contributed by atoms with Gasteiger partial charge in [0.2, 0.25) is 0 Å². The highest BCUT2D eigenvalue weighted by molar-refractivity contribution is 7.80. The van der Waals surface area contributed by atoms with Crippen LogP contribution in [-0.4, -0.2) is 41.6 Å². The van der Waals surface area contributed by atoms with Crippen LogP contribution in [-0.2, 0) is 9.59 Å². The average Bonchev–Trinajstić information content (AvgIpc) is 3.12. The van der Waals surface area contributed by atoms with Crippen LogP contribution in [0.2, 0.25) is 0 Å². The summed E-state index contributed by atoms with van der Waals surface area (Å²) in [5, 5.41) is 6.37. The smallest absolute Gasteiger partial charge is 0.276 e. The molecule has 8 heteroatoms. The summed E-state index contributed by atoms with van der Waals surface area (Å²) in [5.41, 5.74) is 2.93. The largest absolute Gasteiger partial charge is 0.493 e. The van der Waals surface area contributed by atoms with Crippen LogP contribution in [0.1, 0.15) is 43.2 Å². The second-order valence-corrected chi connectivity index (χ2v) is 8.90. The van der Waals surface area contributed by atoms with Gasteiger partial charge in [0, 0.05) is 11.7 Å². The molecule has 4 rings (SSSR count). The van der Waals surface area contributed by atoms with Crippen molar-refractivity contribution >= 4 is 40.9 Å². The lowest BCUT2D eigenvalue weighted by molar-refractivity contribution is -0.124. The predicted molar refractivity (Wildman–Crippen MR) is 136 cm³/mol. The molecular formula is C26H29N3O4S. The first kappa shape index (κ1) is 23.8. The number of para-hydroxylation sites is 1. The molecule has 2 aromatic rings. The van der Waals surface area contributed by atoms with E-state index in [2.05, 4.69) is 10.6 Å². The Morgan fingerprint density at radius 3 is 2.68 bits per heavy atom. The number of hydrogen-bond acceptors (Lipinski definition) is 5. The van der Waals surface area contributed by atoms with Crippen molar-refractivity contribution in [2.24, 2.45) is 0 Å². The molecule has 178 valence electrons. The van der Waals surface area contributed by atoms with Crippen LogP contribution in [0.15, 0.2) is 48.2 Å².